The molecule has 2 N–H and O–H groups in total. The van der Waals surface area contributed by atoms with Gasteiger partial charge in [-0.15, -0.1) is 0 Å². The zero-order chi connectivity index (χ0) is 32.6. The number of aromatic nitrogens is 3. The maximum Gasteiger partial charge on any atom is 0.290 e. The fraction of sp³-hybridized carbons (Fsp3) is 0.351. The van der Waals surface area contributed by atoms with E-state index >= 15 is 4.39 Å². The van der Waals surface area contributed by atoms with Crippen molar-refractivity contribution in [1.82, 2.24) is 20.1 Å². The zero-order valence-corrected chi connectivity index (χ0v) is 27.5. The molecule has 0 aliphatic carbocycles. The first-order chi connectivity index (χ1) is 22.0. The molecular formula is C37H42FN7O. The van der Waals surface area contributed by atoms with Crippen molar-refractivity contribution in [3.8, 4) is 11.3 Å². The van der Waals surface area contributed by atoms with Crippen molar-refractivity contribution >= 4 is 29.1 Å². The second-order valence-corrected chi connectivity index (χ2v) is 13.2. The number of hydrogen-bond acceptors (Lipinski definition) is 7. The molecule has 0 spiro atoms. The van der Waals surface area contributed by atoms with Crippen molar-refractivity contribution in [3.63, 3.8) is 0 Å². The van der Waals surface area contributed by atoms with Crippen molar-refractivity contribution in [3.05, 3.63) is 105 Å². The van der Waals surface area contributed by atoms with Gasteiger partial charge in [0, 0.05) is 29.9 Å². The molecule has 4 aromatic rings. The third-order valence-electron chi connectivity index (χ3n) is 8.91. The highest BCUT2D eigenvalue weighted by molar-refractivity contribution is 5.98. The van der Waals surface area contributed by atoms with Crippen LogP contribution in [-0.2, 0) is 12.5 Å². The highest BCUT2D eigenvalue weighted by Crippen LogP contribution is 2.39. The quantitative estimate of drug-likeness (QED) is 0.234. The van der Waals surface area contributed by atoms with Gasteiger partial charge < -0.3 is 10.6 Å². The molecule has 2 aliphatic rings. The van der Waals surface area contributed by atoms with Gasteiger partial charge in [-0.3, -0.25) is 4.79 Å². The summed E-state index contributed by atoms with van der Waals surface area (Å²) in [5.74, 6) is 0.839. The summed E-state index contributed by atoms with van der Waals surface area (Å²) >= 11 is 0. The summed E-state index contributed by atoms with van der Waals surface area (Å²) in [5.41, 5.74) is 7.26. The van der Waals surface area contributed by atoms with E-state index in [1.165, 1.54) is 10.2 Å². The van der Waals surface area contributed by atoms with E-state index in [0.29, 0.717) is 40.8 Å². The highest BCUT2D eigenvalue weighted by Gasteiger charge is 2.28. The molecule has 9 heteroatoms. The second-order valence-electron chi connectivity index (χ2n) is 13.2. The number of rotatable bonds is 6. The number of anilines is 3. The molecule has 6 rings (SSSR count). The van der Waals surface area contributed by atoms with Crippen LogP contribution in [0.2, 0.25) is 0 Å². The number of benzene rings is 2. The van der Waals surface area contributed by atoms with E-state index in [9.17, 15) is 4.79 Å². The lowest BCUT2D eigenvalue weighted by Crippen LogP contribution is -2.26. The topological polar surface area (TPSA) is 87.4 Å². The van der Waals surface area contributed by atoms with Gasteiger partial charge in [0.05, 0.1) is 23.3 Å². The first-order valence-corrected chi connectivity index (χ1v) is 16.1. The summed E-state index contributed by atoms with van der Waals surface area (Å²) in [6.07, 6.45) is 8.56. The number of allylic oxidation sites excluding steroid dienone is 1. The Bertz CT molecular complexity index is 1880. The van der Waals surface area contributed by atoms with E-state index in [-0.39, 0.29) is 16.8 Å². The predicted octanol–water partition coefficient (Wildman–Crippen LogP) is 7.40. The van der Waals surface area contributed by atoms with Crippen molar-refractivity contribution in [2.75, 3.05) is 23.4 Å². The molecule has 2 aromatic heterocycles. The lowest BCUT2D eigenvalue weighted by atomic mass is 9.84. The molecule has 238 valence electrons. The fourth-order valence-corrected chi connectivity index (χ4v) is 6.27. The molecule has 0 unspecified atom stereocenters. The fourth-order valence-electron chi connectivity index (χ4n) is 6.27. The standard InChI is InChI=1S/C37H42FN7O/c1-7-9-33-35-26(18-27(19-29(35)38)37(3,4)5)22-41-45(33)32-11-8-10-28(23(32)2)30-20-31(36(46)44(6)43-30)42-34-13-12-25(21-40-34)24-14-16-39-17-15-24/h8-13,18-22,24,39H,7,14-17H2,1-6H3,(H,40,42)/b33-9-. The minimum atomic E-state index is -0.264. The molecule has 0 amide bonds. The number of nitrogens with one attached hydrogen (secondary N) is 2. The van der Waals surface area contributed by atoms with Crippen molar-refractivity contribution in [2.45, 2.75) is 65.2 Å². The number of pyridine rings is 1. The van der Waals surface area contributed by atoms with Crippen LogP contribution in [0.5, 0.6) is 0 Å². The minimum Gasteiger partial charge on any atom is -0.336 e. The first-order valence-electron chi connectivity index (χ1n) is 16.1. The minimum absolute atomic E-state index is 0.191. The van der Waals surface area contributed by atoms with E-state index in [1.54, 1.807) is 30.4 Å². The van der Waals surface area contributed by atoms with Crippen LogP contribution < -0.4 is 21.2 Å². The Kier molecular flexibility index (Phi) is 8.61. The predicted molar refractivity (Wildman–Crippen MR) is 185 cm³/mol. The van der Waals surface area contributed by atoms with Gasteiger partial charge in [-0.1, -0.05) is 52.0 Å². The van der Waals surface area contributed by atoms with Crippen molar-refractivity contribution in [1.29, 1.82) is 0 Å². The van der Waals surface area contributed by atoms with Crippen LogP contribution in [0.1, 0.15) is 80.7 Å². The summed E-state index contributed by atoms with van der Waals surface area (Å²) < 4.78 is 17.1. The molecule has 0 atom stereocenters. The Labute approximate surface area is 270 Å². The summed E-state index contributed by atoms with van der Waals surface area (Å²) in [5, 5.41) is 17.9. The maximum absolute atomic E-state index is 15.8. The van der Waals surface area contributed by atoms with E-state index < -0.39 is 0 Å². The van der Waals surface area contributed by atoms with Crippen molar-refractivity contribution in [2.24, 2.45) is 12.1 Å². The van der Waals surface area contributed by atoms with Gasteiger partial charge in [0.25, 0.3) is 5.56 Å². The van der Waals surface area contributed by atoms with Gasteiger partial charge >= 0.3 is 0 Å². The lowest BCUT2D eigenvalue weighted by Gasteiger charge is -2.30. The lowest BCUT2D eigenvalue weighted by molar-refractivity contribution is 0.459. The van der Waals surface area contributed by atoms with Crippen LogP contribution in [0, 0.1) is 12.7 Å². The van der Waals surface area contributed by atoms with Crippen LogP contribution in [0.25, 0.3) is 17.0 Å². The maximum atomic E-state index is 15.8. The molecule has 0 saturated carbocycles. The number of piperidine rings is 1. The molecule has 0 radical (unpaired) electrons. The molecule has 1 saturated heterocycles. The number of aryl methyl sites for hydroxylation is 1. The molecule has 46 heavy (non-hydrogen) atoms. The number of halogens is 1. The van der Waals surface area contributed by atoms with Crippen LogP contribution in [-0.4, -0.2) is 34.1 Å². The van der Waals surface area contributed by atoms with Gasteiger partial charge in [0.2, 0.25) is 0 Å². The first kappa shape index (κ1) is 31.4. The molecule has 8 nitrogen and oxygen atoms in total. The van der Waals surface area contributed by atoms with E-state index in [2.05, 4.69) is 47.6 Å². The average molecular weight is 620 g/mol. The smallest absolute Gasteiger partial charge is 0.290 e. The monoisotopic (exact) mass is 619 g/mol. The molecule has 1 fully saturated rings. The van der Waals surface area contributed by atoms with Crippen LogP contribution >= 0.6 is 0 Å². The van der Waals surface area contributed by atoms with E-state index in [0.717, 1.165) is 53.9 Å². The van der Waals surface area contributed by atoms with Gasteiger partial charge in [0.15, 0.2) is 0 Å². The number of hydrogen-bond donors (Lipinski definition) is 2. The third-order valence-corrected chi connectivity index (χ3v) is 8.91. The van der Waals surface area contributed by atoms with Crippen LogP contribution in [0.15, 0.2) is 70.7 Å². The third kappa shape index (κ3) is 6.11. The normalized spacial score (nSPS) is 16.2. The van der Waals surface area contributed by atoms with Crippen LogP contribution in [0.3, 0.4) is 0 Å². The summed E-state index contributed by atoms with van der Waals surface area (Å²) in [7, 11) is 1.65. The summed E-state index contributed by atoms with van der Waals surface area (Å²) in [4.78, 5) is 17.8. The Morgan fingerprint density at radius 3 is 2.59 bits per heavy atom. The molecule has 0 bridgehead atoms. The van der Waals surface area contributed by atoms with E-state index in [4.69, 9.17) is 5.10 Å². The van der Waals surface area contributed by atoms with Crippen LogP contribution in [0.4, 0.5) is 21.6 Å². The van der Waals surface area contributed by atoms with E-state index in [1.807, 2.05) is 56.5 Å². The van der Waals surface area contributed by atoms with Gasteiger partial charge in [-0.25, -0.2) is 19.1 Å². The summed E-state index contributed by atoms with van der Waals surface area (Å²) in [6.45, 7) is 12.3. The van der Waals surface area contributed by atoms with Gasteiger partial charge in [0.1, 0.15) is 17.3 Å². The number of hydrazone groups is 1. The Morgan fingerprint density at radius 2 is 1.89 bits per heavy atom. The van der Waals surface area contributed by atoms with Gasteiger partial charge in [-0.05, 0) is 97.6 Å². The second kappa shape index (κ2) is 12.6. The zero-order valence-electron chi connectivity index (χ0n) is 27.5. The van der Waals surface area contributed by atoms with Crippen molar-refractivity contribution < 1.29 is 4.39 Å². The highest BCUT2D eigenvalue weighted by atomic mass is 19.1. The Morgan fingerprint density at radius 1 is 1.11 bits per heavy atom. The molecular weight excluding hydrogens is 577 g/mol. The Hall–Kier alpha value is -4.63. The SMILES string of the molecule is CC/C=C1/c2c(F)cc(C(C)(C)C)cc2C=NN1c1cccc(-c2cc(Nc3ccc(C4CCNCC4)cn3)c(=O)n(C)n2)c1C. The number of fused-ring (bicyclic) bond motifs is 1. The average Bonchev–Trinajstić information content (AvgIpc) is 3.04. The van der Waals surface area contributed by atoms with Gasteiger partial charge in [-0.2, -0.15) is 10.2 Å². The largest absolute Gasteiger partial charge is 0.336 e. The summed E-state index contributed by atoms with van der Waals surface area (Å²) in [6, 6.07) is 15.3. The molecule has 4 heterocycles. The molecule has 2 aromatic carbocycles. The number of nitrogens with zero attached hydrogens (tertiary/aromatic N) is 5. The Balaban J connectivity index is 1.34. The molecule has 2 aliphatic heterocycles.